The summed E-state index contributed by atoms with van der Waals surface area (Å²) in [6.45, 7) is 8.09. The normalized spacial score (nSPS) is 22.5. The average molecular weight is 173 g/mol. The summed E-state index contributed by atoms with van der Waals surface area (Å²) in [7, 11) is 0. The molecule has 1 aliphatic heterocycles. The highest BCUT2D eigenvalue weighted by Crippen LogP contribution is 1.89. The van der Waals surface area contributed by atoms with Crippen LogP contribution in [0.3, 0.4) is 0 Å². The Morgan fingerprint density at radius 1 is 1.50 bits per heavy atom. The first-order valence-electron chi connectivity index (χ1n) is 4.63. The predicted molar refractivity (Wildman–Crippen MR) is 49.0 cm³/mol. The van der Waals surface area contributed by atoms with Crippen LogP contribution in [0.2, 0.25) is 0 Å². The lowest BCUT2D eigenvalue weighted by atomic mass is 10.3. The Balaban J connectivity index is 1.98. The smallest absolute Gasteiger partial charge is 0.102 e. The van der Waals surface area contributed by atoms with Crippen molar-refractivity contribution in [3.8, 4) is 0 Å². The summed E-state index contributed by atoms with van der Waals surface area (Å²) in [6, 6.07) is 0. The van der Waals surface area contributed by atoms with E-state index in [1.807, 2.05) is 0 Å². The van der Waals surface area contributed by atoms with E-state index in [9.17, 15) is 0 Å². The molecule has 1 unspecified atom stereocenters. The van der Waals surface area contributed by atoms with Crippen molar-refractivity contribution in [1.29, 1.82) is 0 Å². The van der Waals surface area contributed by atoms with Gasteiger partial charge in [0.1, 0.15) is 6.23 Å². The molecule has 1 fully saturated rings. The van der Waals surface area contributed by atoms with E-state index in [0.29, 0.717) is 0 Å². The number of nitrogens with one attached hydrogen (secondary N) is 2. The topological polar surface area (TPSA) is 47.5 Å². The quantitative estimate of drug-likeness (QED) is 0.468. The lowest BCUT2D eigenvalue weighted by Gasteiger charge is -2.27. The second-order valence-electron chi connectivity index (χ2n) is 3.22. The number of aliphatic hydroxyl groups is 1. The van der Waals surface area contributed by atoms with E-state index in [1.54, 1.807) is 6.92 Å². The summed E-state index contributed by atoms with van der Waals surface area (Å²) in [6.07, 6.45) is -0.382. The van der Waals surface area contributed by atoms with Gasteiger partial charge in [0, 0.05) is 39.3 Å². The van der Waals surface area contributed by atoms with Crippen LogP contribution >= 0.6 is 0 Å². The molecule has 4 heteroatoms. The summed E-state index contributed by atoms with van der Waals surface area (Å²) < 4.78 is 0. The fourth-order valence-corrected chi connectivity index (χ4v) is 1.37. The maximum Gasteiger partial charge on any atom is 0.102 e. The molecule has 1 heterocycles. The van der Waals surface area contributed by atoms with Crippen LogP contribution < -0.4 is 10.6 Å². The van der Waals surface area contributed by atoms with Gasteiger partial charge in [0.15, 0.2) is 0 Å². The maximum absolute atomic E-state index is 8.94. The fourth-order valence-electron chi connectivity index (χ4n) is 1.37. The molecule has 0 spiro atoms. The molecule has 0 aromatic rings. The molecule has 1 aliphatic rings. The summed E-state index contributed by atoms with van der Waals surface area (Å²) in [4.78, 5) is 2.39. The largest absolute Gasteiger partial charge is 0.379 e. The van der Waals surface area contributed by atoms with Gasteiger partial charge in [-0.1, -0.05) is 0 Å². The first-order valence-corrected chi connectivity index (χ1v) is 4.63. The van der Waals surface area contributed by atoms with E-state index >= 15 is 0 Å². The van der Waals surface area contributed by atoms with Crippen LogP contribution in [0, 0.1) is 0 Å². The van der Waals surface area contributed by atoms with Crippen molar-refractivity contribution in [3.05, 3.63) is 0 Å². The molecule has 1 saturated heterocycles. The van der Waals surface area contributed by atoms with Crippen LogP contribution in [0.25, 0.3) is 0 Å². The molecule has 0 aromatic heterocycles. The highest BCUT2D eigenvalue weighted by Gasteiger charge is 2.08. The van der Waals surface area contributed by atoms with Gasteiger partial charge in [0.25, 0.3) is 0 Å². The molecule has 0 bridgehead atoms. The highest BCUT2D eigenvalue weighted by atomic mass is 16.3. The van der Waals surface area contributed by atoms with E-state index in [0.717, 1.165) is 39.3 Å². The second kappa shape index (κ2) is 5.48. The molecule has 1 rings (SSSR count). The van der Waals surface area contributed by atoms with Crippen LogP contribution in [-0.4, -0.2) is 55.5 Å². The minimum Gasteiger partial charge on any atom is -0.379 e. The Morgan fingerprint density at radius 2 is 2.17 bits per heavy atom. The summed E-state index contributed by atoms with van der Waals surface area (Å²) in [5, 5.41) is 15.2. The van der Waals surface area contributed by atoms with Crippen molar-refractivity contribution in [2.75, 3.05) is 39.3 Å². The van der Waals surface area contributed by atoms with E-state index < -0.39 is 0 Å². The van der Waals surface area contributed by atoms with Crippen LogP contribution in [0.5, 0.6) is 0 Å². The number of hydrogen-bond acceptors (Lipinski definition) is 4. The molecule has 1 atom stereocenters. The predicted octanol–water partition coefficient (Wildman–Crippen LogP) is -1.18. The molecule has 4 nitrogen and oxygen atoms in total. The van der Waals surface area contributed by atoms with Gasteiger partial charge in [-0.15, -0.1) is 0 Å². The summed E-state index contributed by atoms with van der Waals surface area (Å²) >= 11 is 0. The van der Waals surface area contributed by atoms with Crippen molar-refractivity contribution in [1.82, 2.24) is 15.5 Å². The molecule has 0 saturated carbocycles. The van der Waals surface area contributed by atoms with Crippen molar-refractivity contribution >= 4 is 0 Å². The molecule has 72 valence electrons. The Kier molecular flexibility index (Phi) is 4.53. The van der Waals surface area contributed by atoms with E-state index in [2.05, 4.69) is 15.5 Å². The molecule has 0 radical (unpaired) electrons. The van der Waals surface area contributed by atoms with E-state index in [4.69, 9.17) is 5.11 Å². The second-order valence-corrected chi connectivity index (χ2v) is 3.22. The van der Waals surface area contributed by atoms with E-state index in [1.165, 1.54) is 0 Å². The molecular weight excluding hydrogens is 154 g/mol. The van der Waals surface area contributed by atoms with Gasteiger partial charge in [-0.05, 0) is 6.92 Å². The molecular formula is C8H19N3O. The molecule has 12 heavy (non-hydrogen) atoms. The van der Waals surface area contributed by atoms with Gasteiger partial charge < -0.3 is 10.4 Å². The third-order valence-corrected chi connectivity index (χ3v) is 2.08. The monoisotopic (exact) mass is 173 g/mol. The Labute approximate surface area is 73.9 Å². The van der Waals surface area contributed by atoms with Crippen LogP contribution in [0.1, 0.15) is 6.92 Å². The van der Waals surface area contributed by atoms with Gasteiger partial charge >= 0.3 is 0 Å². The minimum atomic E-state index is -0.382. The minimum absolute atomic E-state index is 0.382. The zero-order chi connectivity index (χ0) is 8.81. The molecule has 3 N–H and O–H groups in total. The lowest BCUT2D eigenvalue weighted by Crippen LogP contribution is -2.46. The highest BCUT2D eigenvalue weighted by molar-refractivity contribution is 4.68. The SMILES string of the molecule is CC(O)NCCN1CCNCC1. The number of rotatable bonds is 4. The number of hydrogen-bond donors (Lipinski definition) is 3. The van der Waals surface area contributed by atoms with Crippen molar-refractivity contribution < 1.29 is 5.11 Å². The molecule has 0 aromatic carbocycles. The van der Waals surface area contributed by atoms with Crippen LogP contribution in [0.15, 0.2) is 0 Å². The maximum atomic E-state index is 8.94. The molecule has 0 amide bonds. The van der Waals surface area contributed by atoms with E-state index in [-0.39, 0.29) is 6.23 Å². The van der Waals surface area contributed by atoms with Gasteiger partial charge in [-0.25, -0.2) is 0 Å². The van der Waals surface area contributed by atoms with Crippen molar-refractivity contribution in [2.24, 2.45) is 0 Å². The summed E-state index contributed by atoms with van der Waals surface area (Å²) in [5.74, 6) is 0. The first kappa shape index (κ1) is 9.92. The fraction of sp³-hybridized carbons (Fsp3) is 1.00. The standard InChI is InChI=1S/C8H19N3O/c1-8(12)10-4-7-11-5-2-9-3-6-11/h8-10,12H,2-7H2,1H3. The third kappa shape index (κ3) is 4.01. The summed E-state index contributed by atoms with van der Waals surface area (Å²) in [5.41, 5.74) is 0. The average Bonchev–Trinajstić information content (AvgIpc) is 2.05. The zero-order valence-electron chi connectivity index (χ0n) is 7.71. The lowest BCUT2D eigenvalue weighted by molar-refractivity contribution is 0.146. The van der Waals surface area contributed by atoms with Gasteiger partial charge in [0.05, 0.1) is 0 Å². The van der Waals surface area contributed by atoms with Gasteiger partial charge in [-0.2, -0.15) is 0 Å². The van der Waals surface area contributed by atoms with Gasteiger partial charge in [0.2, 0.25) is 0 Å². The van der Waals surface area contributed by atoms with Crippen LogP contribution in [-0.2, 0) is 0 Å². The van der Waals surface area contributed by atoms with Crippen LogP contribution in [0.4, 0.5) is 0 Å². The number of piperazine rings is 1. The first-order chi connectivity index (χ1) is 5.79. The van der Waals surface area contributed by atoms with Crippen molar-refractivity contribution in [2.45, 2.75) is 13.2 Å². The molecule has 0 aliphatic carbocycles. The zero-order valence-corrected chi connectivity index (χ0v) is 7.71. The van der Waals surface area contributed by atoms with Crippen molar-refractivity contribution in [3.63, 3.8) is 0 Å². The third-order valence-electron chi connectivity index (χ3n) is 2.08. The number of nitrogens with zero attached hydrogens (tertiary/aromatic N) is 1. The number of aliphatic hydroxyl groups excluding tert-OH is 1. The Hall–Kier alpha value is -0.160. The van der Waals surface area contributed by atoms with Gasteiger partial charge in [-0.3, -0.25) is 10.2 Å². The Bertz CT molecular complexity index is 113. The Morgan fingerprint density at radius 3 is 2.75 bits per heavy atom.